The summed E-state index contributed by atoms with van der Waals surface area (Å²) in [5, 5.41) is 9.28. The third-order valence-electron chi connectivity index (χ3n) is 2.07. The molecule has 1 aromatic carbocycles. The fourth-order valence-corrected chi connectivity index (χ4v) is 1.43. The molecule has 0 spiro atoms. The Morgan fingerprint density at radius 2 is 2.20 bits per heavy atom. The van der Waals surface area contributed by atoms with E-state index in [1.54, 1.807) is 0 Å². The molecule has 0 aliphatic carbocycles. The van der Waals surface area contributed by atoms with Gasteiger partial charge in [0.25, 0.3) is 0 Å². The maximum atomic E-state index is 13.5. The van der Waals surface area contributed by atoms with Crippen molar-refractivity contribution in [3.8, 4) is 17.2 Å². The number of hydrogen-bond acceptors (Lipinski definition) is 5. The Labute approximate surface area is 85.1 Å². The van der Waals surface area contributed by atoms with Gasteiger partial charge < -0.3 is 14.6 Å². The Kier molecular flexibility index (Phi) is 2.61. The summed E-state index contributed by atoms with van der Waals surface area (Å²) in [5.41, 5.74) is 0.0622. The first-order valence-corrected chi connectivity index (χ1v) is 4.35. The number of phenolic OH excluding ortho intramolecular Hbond substituents is 1. The Morgan fingerprint density at radius 3 is 2.93 bits per heavy atom. The number of fused-ring (bicyclic) bond motifs is 1. The van der Waals surface area contributed by atoms with Gasteiger partial charge in [0, 0.05) is 6.07 Å². The molecule has 15 heavy (non-hydrogen) atoms. The Bertz CT molecular complexity index is 383. The smallest absolute Gasteiger partial charge is 0.174 e. The lowest BCUT2D eigenvalue weighted by Gasteiger charge is -2.21. The van der Waals surface area contributed by atoms with Crippen LogP contribution in [0, 0.1) is 5.82 Å². The number of ether oxygens (including phenoxy) is 2. The van der Waals surface area contributed by atoms with Crippen molar-refractivity contribution in [1.29, 1.82) is 0 Å². The molecular weight excluding hydrogens is 205 g/mol. The van der Waals surface area contributed by atoms with Gasteiger partial charge in [-0.25, -0.2) is 10.3 Å². The summed E-state index contributed by atoms with van der Waals surface area (Å²) in [6.45, 7) is 0.502. The van der Waals surface area contributed by atoms with Crippen LogP contribution in [0.3, 0.4) is 0 Å². The zero-order chi connectivity index (χ0) is 10.8. The van der Waals surface area contributed by atoms with E-state index in [1.807, 2.05) is 0 Å². The molecule has 0 fully saturated rings. The predicted molar refractivity (Wildman–Crippen MR) is 48.0 cm³/mol. The van der Waals surface area contributed by atoms with Crippen LogP contribution in [0.2, 0.25) is 0 Å². The first-order chi connectivity index (χ1) is 7.24. The quantitative estimate of drug-likeness (QED) is 0.710. The Morgan fingerprint density at radius 1 is 1.47 bits per heavy atom. The molecule has 1 aromatic rings. The molecule has 0 radical (unpaired) electrons. The highest BCUT2D eigenvalue weighted by atomic mass is 19.1. The number of nitrogens with two attached hydrogens (primary N) is 1. The highest BCUT2D eigenvalue weighted by molar-refractivity contribution is 5.52. The summed E-state index contributed by atoms with van der Waals surface area (Å²) in [6, 6.07) is 1.17. The lowest BCUT2D eigenvalue weighted by atomic mass is 10.1. The highest BCUT2D eigenvalue weighted by Crippen LogP contribution is 2.40. The van der Waals surface area contributed by atoms with Crippen LogP contribution in [-0.4, -0.2) is 18.3 Å². The van der Waals surface area contributed by atoms with Crippen molar-refractivity contribution in [2.45, 2.75) is 6.61 Å². The van der Waals surface area contributed by atoms with Crippen LogP contribution in [0.5, 0.6) is 17.2 Å². The molecular formula is C9H10FNO4. The second kappa shape index (κ2) is 3.92. The van der Waals surface area contributed by atoms with Crippen LogP contribution in [0.25, 0.3) is 0 Å². The summed E-state index contributed by atoms with van der Waals surface area (Å²) >= 11 is 0. The van der Waals surface area contributed by atoms with Gasteiger partial charge in [0.05, 0.1) is 12.2 Å². The first kappa shape index (κ1) is 10.0. The van der Waals surface area contributed by atoms with Crippen molar-refractivity contribution in [1.82, 2.24) is 0 Å². The minimum absolute atomic E-state index is 0.0622. The van der Waals surface area contributed by atoms with Gasteiger partial charge in [-0.2, -0.15) is 0 Å². The predicted octanol–water partition coefficient (Wildman–Crippen LogP) is 0.693. The lowest BCUT2D eigenvalue weighted by molar-refractivity contribution is 0.111. The van der Waals surface area contributed by atoms with Crippen LogP contribution >= 0.6 is 0 Å². The monoisotopic (exact) mass is 215 g/mol. The molecule has 82 valence electrons. The van der Waals surface area contributed by atoms with Gasteiger partial charge in [0.2, 0.25) is 0 Å². The summed E-state index contributed by atoms with van der Waals surface area (Å²) in [5.74, 6) is 4.10. The Balaban J connectivity index is 2.52. The second-order valence-corrected chi connectivity index (χ2v) is 3.02. The van der Waals surface area contributed by atoms with Crippen LogP contribution in [-0.2, 0) is 11.4 Å². The van der Waals surface area contributed by atoms with Gasteiger partial charge in [0.1, 0.15) is 13.2 Å². The van der Waals surface area contributed by atoms with E-state index >= 15 is 0 Å². The maximum absolute atomic E-state index is 13.5. The molecule has 0 saturated carbocycles. The number of halogens is 1. The molecule has 5 nitrogen and oxygen atoms in total. The SMILES string of the molecule is NOCc1c(F)c(O)cc2c1OCCO2. The van der Waals surface area contributed by atoms with E-state index in [-0.39, 0.29) is 17.9 Å². The number of phenols is 1. The van der Waals surface area contributed by atoms with E-state index in [0.29, 0.717) is 19.0 Å². The van der Waals surface area contributed by atoms with E-state index in [4.69, 9.17) is 15.4 Å². The van der Waals surface area contributed by atoms with E-state index in [2.05, 4.69) is 4.84 Å². The van der Waals surface area contributed by atoms with Crippen LogP contribution in [0.15, 0.2) is 6.07 Å². The molecule has 1 aliphatic heterocycles. The lowest BCUT2D eigenvalue weighted by Crippen LogP contribution is -2.18. The number of hydrogen-bond donors (Lipinski definition) is 2. The minimum atomic E-state index is -0.801. The van der Waals surface area contributed by atoms with Gasteiger partial charge in [-0.3, -0.25) is 4.84 Å². The van der Waals surface area contributed by atoms with E-state index in [0.717, 1.165) is 0 Å². The highest BCUT2D eigenvalue weighted by Gasteiger charge is 2.23. The molecule has 0 bridgehead atoms. The van der Waals surface area contributed by atoms with Gasteiger partial charge in [-0.15, -0.1) is 0 Å². The fourth-order valence-electron chi connectivity index (χ4n) is 1.43. The summed E-state index contributed by atoms with van der Waals surface area (Å²) in [6.07, 6.45) is 0. The standard InChI is InChI=1S/C9H10FNO4/c10-8-5(4-15-11)9-7(3-6(8)12)13-1-2-14-9/h3,12H,1-2,4,11H2. The summed E-state index contributed by atoms with van der Waals surface area (Å²) in [4.78, 5) is 4.34. The van der Waals surface area contributed by atoms with Crippen LogP contribution in [0.1, 0.15) is 5.56 Å². The molecule has 0 unspecified atom stereocenters. The summed E-state index contributed by atoms with van der Waals surface area (Å²) in [7, 11) is 0. The van der Waals surface area contributed by atoms with Crippen molar-refractivity contribution in [3.63, 3.8) is 0 Å². The van der Waals surface area contributed by atoms with Crippen molar-refractivity contribution < 1.29 is 23.8 Å². The van der Waals surface area contributed by atoms with Crippen molar-refractivity contribution in [2.75, 3.05) is 13.2 Å². The van der Waals surface area contributed by atoms with E-state index in [9.17, 15) is 9.50 Å². The van der Waals surface area contributed by atoms with E-state index in [1.165, 1.54) is 6.07 Å². The van der Waals surface area contributed by atoms with Crippen molar-refractivity contribution in [2.24, 2.45) is 5.90 Å². The van der Waals surface area contributed by atoms with Gasteiger partial charge >= 0.3 is 0 Å². The number of aromatic hydroxyl groups is 1. The molecule has 2 rings (SSSR count). The molecule has 1 heterocycles. The number of benzene rings is 1. The fraction of sp³-hybridized carbons (Fsp3) is 0.333. The van der Waals surface area contributed by atoms with E-state index < -0.39 is 11.6 Å². The van der Waals surface area contributed by atoms with Crippen LogP contribution < -0.4 is 15.4 Å². The third kappa shape index (κ3) is 1.69. The molecule has 6 heteroatoms. The normalized spacial score (nSPS) is 14.0. The molecule has 0 saturated heterocycles. The maximum Gasteiger partial charge on any atom is 0.174 e. The largest absolute Gasteiger partial charge is 0.505 e. The first-order valence-electron chi connectivity index (χ1n) is 4.35. The zero-order valence-corrected chi connectivity index (χ0v) is 7.83. The molecule has 3 N–H and O–H groups in total. The van der Waals surface area contributed by atoms with Gasteiger partial charge in [0.15, 0.2) is 23.1 Å². The number of rotatable bonds is 2. The molecule has 0 aromatic heterocycles. The van der Waals surface area contributed by atoms with Crippen molar-refractivity contribution >= 4 is 0 Å². The van der Waals surface area contributed by atoms with Gasteiger partial charge in [-0.05, 0) is 0 Å². The third-order valence-corrected chi connectivity index (χ3v) is 2.07. The summed E-state index contributed by atoms with van der Waals surface area (Å²) < 4.78 is 23.9. The topological polar surface area (TPSA) is 73.9 Å². The van der Waals surface area contributed by atoms with Crippen molar-refractivity contribution in [3.05, 3.63) is 17.4 Å². The van der Waals surface area contributed by atoms with Gasteiger partial charge in [-0.1, -0.05) is 0 Å². The average molecular weight is 215 g/mol. The molecule has 1 aliphatic rings. The second-order valence-electron chi connectivity index (χ2n) is 3.02. The van der Waals surface area contributed by atoms with Crippen LogP contribution in [0.4, 0.5) is 4.39 Å². The zero-order valence-electron chi connectivity index (χ0n) is 7.83. The minimum Gasteiger partial charge on any atom is -0.505 e. The molecule has 0 atom stereocenters. The average Bonchev–Trinajstić information content (AvgIpc) is 2.25. The Hall–Kier alpha value is -1.53. The molecule has 0 amide bonds.